The van der Waals surface area contributed by atoms with Gasteiger partial charge in [-0.1, -0.05) is 13.3 Å². The first kappa shape index (κ1) is 17.8. The van der Waals surface area contributed by atoms with Crippen LogP contribution in [0.25, 0.3) is 0 Å². The molecule has 6 nitrogen and oxygen atoms in total. The van der Waals surface area contributed by atoms with Crippen molar-refractivity contribution >= 4 is 6.03 Å². The van der Waals surface area contributed by atoms with Crippen LogP contribution >= 0.6 is 0 Å². The molecular formula is C17H30N4O2. The Morgan fingerprint density at radius 1 is 1.43 bits per heavy atom. The molecule has 1 saturated carbocycles. The Morgan fingerprint density at radius 3 is 2.87 bits per heavy atom. The molecule has 1 aliphatic carbocycles. The zero-order chi connectivity index (χ0) is 16.8. The summed E-state index contributed by atoms with van der Waals surface area (Å²) in [7, 11) is 0. The lowest BCUT2D eigenvalue weighted by molar-refractivity contribution is 0.101. The molecule has 3 unspecified atom stereocenters. The molecule has 6 heteroatoms. The fraction of sp³-hybridized carbons (Fsp3) is 0.765. The highest BCUT2D eigenvalue weighted by atomic mass is 16.3. The second-order valence-electron chi connectivity index (χ2n) is 6.99. The van der Waals surface area contributed by atoms with Crippen molar-refractivity contribution in [3.8, 4) is 0 Å². The van der Waals surface area contributed by atoms with Crippen molar-refractivity contribution in [3.63, 3.8) is 0 Å². The Hall–Kier alpha value is -1.56. The first-order valence-electron chi connectivity index (χ1n) is 8.65. The third-order valence-electron chi connectivity index (χ3n) is 4.51. The molecule has 1 aliphatic rings. The van der Waals surface area contributed by atoms with Crippen molar-refractivity contribution in [1.82, 2.24) is 20.4 Å². The Balaban J connectivity index is 1.64. The molecule has 3 atom stereocenters. The van der Waals surface area contributed by atoms with Gasteiger partial charge < -0.3 is 15.7 Å². The van der Waals surface area contributed by atoms with Crippen molar-refractivity contribution in [2.75, 3.05) is 13.1 Å². The maximum Gasteiger partial charge on any atom is 0.314 e. The predicted molar refractivity (Wildman–Crippen MR) is 90.2 cm³/mol. The van der Waals surface area contributed by atoms with E-state index in [2.05, 4.69) is 28.7 Å². The molecule has 1 aromatic heterocycles. The summed E-state index contributed by atoms with van der Waals surface area (Å²) in [5, 5.41) is 19.9. The smallest absolute Gasteiger partial charge is 0.314 e. The van der Waals surface area contributed by atoms with E-state index in [9.17, 15) is 9.90 Å². The lowest BCUT2D eigenvalue weighted by atomic mass is 9.87. The number of aliphatic hydroxyl groups excluding tert-OH is 1. The van der Waals surface area contributed by atoms with Crippen LogP contribution in [0.2, 0.25) is 0 Å². The van der Waals surface area contributed by atoms with Crippen LogP contribution in [-0.4, -0.2) is 40.1 Å². The molecule has 2 rings (SSSR count). The third-order valence-corrected chi connectivity index (χ3v) is 4.51. The minimum absolute atomic E-state index is 0.120. The molecule has 0 radical (unpaired) electrons. The van der Waals surface area contributed by atoms with Gasteiger partial charge in [-0.05, 0) is 51.0 Å². The van der Waals surface area contributed by atoms with Gasteiger partial charge in [-0.3, -0.25) is 4.68 Å². The number of rotatable bonds is 6. The van der Waals surface area contributed by atoms with E-state index in [4.69, 9.17) is 0 Å². The number of hydrogen-bond donors (Lipinski definition) is 3. The lowest BCUT2D eigenvalue weighted by Crippen LogP contribution is -2.41. The van der Waals surface area contributed by atoms with E-state index in [0.717, 1.165) is 43.6 Å². The van der Waals surface area contributed by atoms with Crippen LogP contribution in [0.3, 0.4) is 0 Å². The van der Waals surface area contributed by atoms with Crippen molar-refractivity contribution in [2.24, 2.45) is 11.8 Å². The average molecular weight is 322 g/mol. The second kappa shape index (κ2) is 8.34. The number of aromatic nitrogens is 2. The van der Waals surface area contributed by atoms with E-state index in [1.54, 1.807) is 0 Å². The third kappa shape index (κ3) is 5.86. The Bertz CT molecular complexity index is 515. The van der Waals surface area contributed by atoms with Gasteiger partial charge >= 0.3 is 6.03 Å². The molecule has 0 bridgehead atoms. The minimum Gasteiger partial charge on any atom is -0.393 e. The summed E-state index contributed by atoms with van der Waals surface area (Å²) in [6.07, 6.45) is 3.64. The normalized spacial score (nSPS) is 22.6. The topological polar surface area (TPSA) is 79.2 Å². The molecular weight excluding hydrogens is 292 g/mol. The standard InChI is InChI=1S/C17H30N4O2/c1-12(11-21-14(3)7-13(2)20-21)9-18-17(23)19-10-15-5-4-6-16(22)8-15/h7,12,15-16,22H,4-6,8-11H2,1-3H3,(H2,18,19,23). The Morgan fingerprint density at radius 2 is 2.22 bits per heavy atom. The molecule has 1 fully saturated rings. The maximum atomic E-state index is 11.9. The zero-order valence-corrected chi connectivity index (χ0v) is 14.5. The van der Waals surface area contributed by atoms with Crippen LogP contribution in [0.4, 0.5) is 4.79 Å². The van der Waals surface area contributed by atoms with Crippen LogP contribution in [0.5, 0.6) is 0 Å². The quantitative estimate of drug-likeness (QED) is 0.749. The van der Waals surface area contributed by atoms with E-state index < -0.39 is 0 Å². The van der Waals surface area contributed by atoms with E-state index >= 15 is 0 Å². The number of amides is 2. The number of carbonyl (C=O) groups is 1. The largest absolute Gasteiger partial charge is 0.393 e. The van der Waals surface area contributed by atoms with Crippen molar-refractivity contribution in [1.29, 1.82) is 0 Å². The Labute approximate surface area is 138 Å². The van der Waals surface area contributed by atoms with E-state index in [0.29, 0.717) is 24.9 Å². The molecule has 0 spiro atoms. The van der Waals surface area contributed by atoms with Crippen LogP contribution in [0.15, 0.2) is 6.07 Å². The molecule has 1 aromatic rings. The highest BCUT2D eigenvalue weighted by Gasteiger charge is 2.20. The lowest BCUT2D eigenvalue weighted by Gasteiger charge is -2.26. The molecule has 2 amide bonds. The van der Waals surface area contributed by atoms with E-state index in [1.165, 1.54) is 0 Å². The average Bonchev–Trinajstić information content (AvgIpc) is 2.81. The van der Waals surface area contributed by atoms with Crippen LogP contribution < -0.4 is 10.6 Å². The number of nitrogens with zero attached hydrogens (tertiary/aromatic N) is 2. The van der Waals surface area contributed by atoms with Crippen LogP contribution in [-0.2, 0) is 6.54 Å². The fourth-order valence-electron chi connectivity index (χ4n) is 3.23. The van der Waals surface area contributed by atoms with Gasteiger partial charge in [-0.25, -0.2) is 4.79 Å². The number of aliphatic hydroxyl groups is 1. The first-order chi connectivity index (χ1) is 10.9. The summed E-state index contributed by atoms with van der Waals surface area (Å²) in [5.41, 5.74) is 2.17. The zero-order valence-electron chi connectivity index (χ0n) is 14.5. The van der Waals surface area contributed by atoms with Crippen molar-refractivity contribution in [3.05, 3.63) is 17.5 Å². The number of aryl methyl sites for hydroxylation is 2. The van der Waals surface area contributed by atoms with Crippen LogP contribution in [0, 0.1) is 25.7 Å². The van der Waals surface area contributed by atoms with Gasteiger partial charge in [-0.2, -0.15) is 5.10 Å². The van der Waals surface area contributed by atoms with Gasteiger partial charge in [0.05, 0.1) is 11.8 Å². The van der Waals surface area contributed by atoms with Crippen molar-refractivity contribution in [2.45, 2.75) is 59.1 Å². The molecule has 23 heavy (non-hydrogen) atoms. The summed E-state index contributed by atoms with van der Waals surface area (Å²) in [5.74, 6) is 0.715. The molecule has 0 aromatic carbocycles. The van der Waals surface area contributed by atoms with Crippen LogP contribution in [0.1, 0.15) is 44.0 Å². The summed E-state index contributed by atoms with van der Waals surface area (Å²) < 4.78 is 1.99. The van der Waals surface area contributed by atoms with Gasteiger partial charge in [0.25, 0.3) is 0 Å². The second-order valence-corrected chi connectivity index (χ2v) is 6.99. The number of carbonyl (C=O) groups excluding carboxylic acids is 1. The minimum atomic E-state index is -0.195. The number of urea groups is 1. The molecule has 0 aliphatic heterocycles. The SMILES string of the molecule is Cc1cc(C)n(CC(C)CNC(=O)NCC2CCCC(O)C2)n1. The first-order valence-corrected chi connectivity index (χ1v) is 8.65. The van der Waals surface area contributed by atoms with Crippen molar-refractivity contribution < 1.29 is 9.90 Å². The number of nitrogens with one attached hydrogen (secondary N) is 2. The van der Waals surface area contributed by atoms with Gasteiger partial charge in [0.2, 0.25) is 0 Å². The molecule has 1 heterocycles. The molecule has 0 saturated heterocycles. The Kier molecular flexibility index (Phi) is 6.45. The highest BCUT2D eigenvalue weighted by Crippen LogP contribution is 2.23. The van der Waals surface area contributed by atoms with Gasteiger partial charge in [-0.15, -0.1) is 0 Å². The molecule has 130 valence electrons. The molecule has 3 N–H and O–H groups in total. The summed E-state index contributed by atoms with van der Waals surface area (Å²) in [6.45, 7) is 8.21. The summed E-state index contributed by atoms with van der Waals surface area (Å²) in [6, 6.07) is 1.94. The number of hydrogen-bond acceptors (Lipinski definition) is 3. The van der Waals surface area contributed by atoms with Gasteiger partial charge in [0, 0.05) is 25.3 Å². The summed E-state index contributed by atoms with van der Waals surface area (Å²) in [4.78, 5) is 11.9. The fourth-order valence-corrected chi connectivity index (χ4v) is 3.23. The van der Waals surface area contributed by atoms with E-state index in [-0.39, 0.29) is 12.1 Å². The highest BCUT2D eigenvalue weighted by molar-refractivity contribution is 5.73. The predicted octanol–water partition coefficient (Wildman–Crippen LogP) is 1.99. The van der Waals surface area contributed by atoms with Gasteiger partial charge in [0.15, 0.2) is 0 Å². The van der Waals surface area contributed by atoms with Gasteiger partial charge in [0.1, 0.15) is 0 Å². The monoisotopic (exact) mass is 322 g/mol. The van der Waals surface area contributed by atoms with E-state index in [1.807, 2.05) is 18.5 Å². The maximum absolute atomic E-state index is 11.9. The summed E-state index contributed by atoms with van der Waals surface area (Å²) >= 11 is 0.